The largest absolute Gasteiger partial charge is 0.353 e. The minimum absolute atomic E-state index is 0.0818. The fraction of sp³-hybridized carbons (Fsp3) is 0.704. The molecule has 1 aromatic carbocycles. The standard InChI is InChI=1S/C27H38N2O2/c1-4-17(2)23-7-5-6-8-24(23)29-16-22(12-25(29)30)26(31)28-18(3)27-13-19-9-20(14-27)11-21(10-19)15-27/h5-8,17-22H,4,9-16H2,1-3H3,(H,28,31)/t17-,18+,19?,20?,21?,22-,27?/m1/s1. The third-order valence-corrected chi connectivity index (χ3v) is 9.23. The molecule has 4 saturated carbocycles. The van der Waals surface area contributed by atoms with Gasteiger partial charge in [0.25, 0.3) is 0 Å². The second kappa shape index (κ2) is 7.94. The maximum Gasteiger partial charge on any atom is 0.227 e. The summed E-state index contributed by atoms with van der Waals surface area (Å²) < 4.78 is 0. The molecule has 3 atom stereocenters. The second-order valence-electron chi connectivity index (χ2n) is 11.3. The normalized spacial score (nSPS) is 36.0. The van der Waals surface area contributed by atoms with E-state index in [1.165, 1.54) is 44.1 Å². The second-order valence-corrected chi connectivity index (χ2v) is 11.3. The summed E-state index contributed by atoms with van der Waals surface area (Å²) in [6, 6.07) is 8.42. The van der Waals surface area contributed by atoms with Gasteiger partial charge < -0.3 is 10.2 Å². The number of carbonyl (C=O) groups excluding carboxylic acids is 2. The first-order valence-electron chi connectivity index (χ1n) is 12.6. The third-order valence-electron chi connectivity index (χ3n) is 9.23. The van der Waals surface area contributed by atoms with E-state index in [2.05, 4.69) is 32.2 Å². The highest BCUT2D eigenvalue weighted by Crippen LogP contribution is 2.61. The average Bonchev–Trinajstić information content (AvgIpc) is 3.14. The van der Waals surface area contributed by atoms with Gasteiger partial charge in [-0.05, 0) is 92.6 Å². The Labute approximate surface area is 187 Å². The van der Waals surface area contributed by atoms with Crippen molar-refractivity contribution in [1.82, 2.24) is 5.32 Å². The van der Waals surface area contributed by atoms with Gasteiger partial charge in [0.15, 0.2) is 0 Å². The van der Waals surface area contributed by atoms with E-state index in [1.54, 1.807) is 0 Å². The van der Waals surface area contributed by atoms with Gasteiger partial charge in [-0.25, -0.2) is 0 Å². The van der Waals surface area contributed by atoms with Gasteiger partial charge in [0.2, 0.25) is 11.8 Å². The van der Waals surface area contributed by atoms with Crippen LogP contribution in [0.1, 0.15) is 83.6 Å². The number of anilines is 1. The fourth-order valence-corrected chi connectivity index (χ4v) is 7.68. The van der Waals surface area contributed by atoms with Gasteiger partial charge in [-0.1, -0.05) is 32.0 Å². The number of hydrogen-bond acceptors (Lipinski definition) is 2. The summed E-state index contributed by atoms with van der Waals surface area (Å²) in [6.45, 7) is 7.12. The monoisotopic (exact) mass is 422 g/mol. The number of para-hydroxylation sites is 1. The van der Waals surface area contributed by atoms with E-state index in [0.29, 0.717) is 24.3 Å². The molecule has 1 heterocycles. The lowest BCUT2D eigenvalue weighted by Crippen LogP contribution is -2.56. The average molecular weight is 423 g/mol. The van der Waals surface area contributed by atoms with Crippen LogP contribution >= 0.6 is 0 Å². The van der Waals surface area contributed by atoms with Crippen LogP contribution in [-0.2, 0) is 9.59 Å². The quantitative estimate of drug-likeness (QED) is 0.678. The van der Waals surface area contributed by atoms with Crippen LogP contribution in [0.5, 0.6) is 0 Å². The molecule has 31 heavy (non-hydrogen) atoms. The molecule has 5 aliphatic rings. The first-order chi connectivity index (χ1) is 14.9. The Balaban J connectivity index is 1.27. The molecule has 6 rings (SSSR count). The van der Waals surface area contributed by atoms with Crippen molar-refractivity contribution in [2.75, 3.05) is 11.4 Å². The van der Waals surface area contributed by atoms with Crippen LogP contribution in [0.3, 0.4) is 0 Å². The van der Waals surface area contributed by atoms with Crippen LogP contribution in [-0.4, -0.2) is 24.4 Å². The summed E-state index contributed by atoms with van der Waals surface area (Å²) in [5.41, 5.74) is 2.50. The molecular weight excluding hydrogens is 384 g/mol. The van der Waals surface area contributed by atoms with Gasteiger partial charge in [0, 0.05) is 24.7 Å². The first kappa shape index (κ1) is 21.0. The number of nitrogens with one attached hydrogen (secondary N) is 1. The molecule has 0 radical (unpaired) electrons. The molecule has 168 valence electrons. The van der Waals surface area contributed by atoms with Crippen molar-refractivity contribution in [3.63, 3.8) is 0 Å². The Bertz CT molecular complexity index is 827. The number of carbonyl (C=O) groups is 2. The zero-order valence-electron chi connectivity index (χ0n) is 19.4. The van der Waals surface area contributed by atoms with Gasteiger partial charge >= 0.3 is 0 Å². The zero-order chi connectivity index (χ0) is 21.8. The Kier molecular flexibility index (Phi) is 5.38. The van der Waals surface area contributed by atoms with Crippen molar-refractivity contribution in [2.24, 2.45) is 29.1 Å². The van der Waals surface area contributed by atoms with E-state index < -0.39 is 0 Å². The van der Waals surface area contributed by atoms with E-state index in [4.69, 9.17) is 0 Å². The molecule has 4 nitrogen and oxygen atoms in total. The number of amides is 2. The smallest absolute Gasteiger partial charge is 0.227 e. The van der Waals surface area contributed by atoms with Gasteiger partial charge in [-0.3, -0.25) is 9.59 Å². The van der Waals surface area contributed by atoms with E-state index in [-0.39, 0.29) is 23.8 Å². The molecule has 0 unspecified atom stereocenters. The van der Waals surface area contributed by atoms with Crippen LogP contribution in [0.2, 0.25) is 0 Å². The molecule has 1 N–H and O–H groups in total. The number of hydrogen-bond donors (Lipinski definition) is 1. The van der Waals surface area contributed by atoms with Crippen molar-refractivity contribution in [2.45, 2.75) is 84.1 Å². The summed E-state index contributed by atoms with van der Waals surface area (Å²) >= 11 is 0. The lowest BCUT2D eigenvalue weighted by Gasteiger charge is -2.59. The van der Waals surface area contributed by atoms with Crippen molar-refractivity contribution in [3.05, 3.63) is 29.8 Å². The highest BCUT2D eigenvalue weighted by atomic mass is 16.2. The van der Waals surface area contributed by atoms with E-state index >= 15 is 0 Å². The fourth-order valence-electron chi connectivity index (χ4n) is 7.68. The molecule has 2 amide bonds. The summed E-state index contributed by atoms with van der Waals surface area (Å²) in [5.74, 6) is 2.96. The van der Waals surface area contributed by atoms with E-state index in [1.807, 2.05) is 23.1 Å². The Morgan fingerprint density at radius 3 is 2.32 bits per heavy atom. The van der Waals surface area contributed by atoms with Gasteiger partial charge in [0.05, 0.1) is 5.92 Å². The summed E-state index contributed by atoms with van der Waals surface area (Å²) in [4.78, 5) is 28.0. The Morgan fingerprint density at radius 2 is 1.71 bits per heavy atom. The highest BCUT2D eigenvalue weighted by molar-refractivity contribution is 6.01. The molecule has 1 aliphatic heterocycles. The molecule has 1 saturated heterocycles. The van der Waals surface area contributed by atoms with Gasteiger partial charge in [-0.15, -0.1) is 0 Å². The minimum Gasteiger partial charge on any atom is -0.353 e. The SMILES string of the molecule is CC[C@@H](C)c1ccccc1N1C[C@H](C(=O)N[C@@H](C)C23CC4CC(CC(C4)C2)C3)CC1=O. The van der Waals surface area contributed by atoms with Crippen molar-refractivity contribution < 1.29 is 9.59 Å². The number of benzene rings is 1. The van der Waals surface area contributed by atoms with Crippen LogP contribution in [0, 0.1) is 29.1 Å². The van der Waals surface area contributed by atoms with Crippen molar-refractivity contribution >= 4 is 17.5 Å². The number of nitrogens with zero attached hydrogens (tertiary/aromatic N) is 1. The molecule has 0 aromatic heterocycles. The summed E-state index contributed by atoms with van der Waals surface area (Å²) in [6.07, 6.45) is 9.49. The van der Waals surface area contributed by atoms with E-state index in [0.717, 1.165) is 29.9 Å². The maximum absolute atomic E-state index is 13.3. The molecule has 1 aromatic rings. The number of rotatable bonds is 6. The third kappa shape index (κ3) is 3.70. The topological polar surface area (TPSA) is 49.4 Å². The molecule has 4 aliphatic carbocycles. The minimum atomic E-state index is -0.242. The van der Waals surface area contributed by atoms with Crippen LogP contribution < -0.4 is 10.2 Å². The van der Waals surface area contributed by atoms with Crippen LogP contribution in [0.25, 0.3) is 0 Å². The van der Waals surface area contributed by atoms with Gasteiger partial charge in [0.1, 0.15) is 0 Å². The lowest BCUT2D eigenvalue weighted by molar-refractivity contribution is -0.130. The van der Waals surface area contributed by atoms with Crippen LogP contribution in [0.15, 0.2) is 24.3 Å². The summed E-state index contributed by atoms with van der Waals surface area (Å²) in [5, 5.41) is 3.40. The molecule has 4 heteroatoms. The molecule has 5 fully saturated rings. The van der Waals surface area contributed by atoms with Crippen molar-refractivity contribution in [3.8, 4) is 0 Å². The van der Waals surface area contributed by atoms with Crippen LogP contribution in [0.4, 0.5) is 5.69 Å². The lowest BCUT2D eigenvalue weighted by atomic mass is 9.48. The zero-order valence-corrected chi connectivity index (χ0v) is 19.4. The highest BCUT2D eigenvalue weighted by Gasteiger charge is 2.53. The molecule has 4 bridgehead atoms. The predicted octanol–water partition coefficient (Wildman–Crippen LogP) is 5.27. The molecular formula is C27H38N2O2. The predicted molar refractivity (Wildman–Crippen MR) is 124 cm³/mol. The molecule has 0 spiro atoms. The Morgan fingerprint density at radius 1 is 1.10 bits per heavy atom. The van der Waals surface area contributed by atoms with Crippen molar-refractivity contribution in [1.29, 1.82) is 0 Å². The van der Waals surface area contributed by atoms with Gasteiger partial charge in [-0.2, -0.15) is 0 Å². The first-order valence-corrected chi connectivity index (χ1v) is 12.6. The summed E-state index contributed by atoms with van der Waals surface area (Å²) in [7, 11) is 0. The maximum atomic E-state index is 13.3. The van der Waals surface area contributed by atoms with E-state index in [9.17, 15) is 9.59 Å². The Hall–Kier alpha value is -1.84.